The second-order valence-corrected chi connectivity index (χ2v) is 12.0. The van der Waals surface area contributed by atoms with Gasteiger partial charge in [-0.3, -0.25) is 14.3 Å². The van der Waals surface area contributed by atoms with Gasteiger partial charge in [0.2, 0.25) is 5.91 Å². The normalized spacial score (nSPS) is 19.3. The van der Waals surface area contributed by atoms with E-state index in [-0.39, 0.29) is 25.0 Å². The highest BCUT2D eigenvalue weighted by Crippen LogP contribution is 2.47. The predicted molar refractivity (Wildman–Crippen MR) is 178 cm³/mol. The van der Waals surface area contributed by atoms with Crippen LogP contribution in [0.1, 0.15) is 41.6 Å². The van der Waals surface area contributed by atoms with Crippen molar-refractivity contribution in [3.63, 3.8) is 0 Å². The van der Waals surface area contributed by atoms with Crippen molar-refractivity contribution < 1.29 is 24.5 Å². The van der Waals surface area contributed by atoms with Crippen LogP contribution < -0.4 is 19.9 Å². The number of piperazine rings is 1. The molecule has 2 aliphatic rings. The Labute approximate surface area is 274 Å². The van der Waals surface area contributed by atoms with Crippen LogP contribution in [0.5, 0.6) is 5.75 Å². The largest absolute Gasteiger partial charge is 0.497 e. The number of nitrogens with one attached hydrogen (secondary N) is 1. The number of allylic oxidation sites excluding steroid dienone is 1. The molecule has 3 atom stereocenters. The number of benzene rings is 3. The molecule has 0 radical (unpaired) electrons. The minimum absolute atomic E-state index is 0.0261. The summed E-state index contributed by atoms with van der Waals surface area (Å²) in [6, 6.07) is 22.7. The second-order valence-electron chi connectivity index (χ2n) is 12.0. The summed E-state index contributed by atoms with van der Waals surface area (Å²) in [5.41, 5.74) is 2.70. The number of carbonyl (C=O) groups excluding carboxylic acids is 2. The maximum absolute atomic E-state index is 14.1. The van der Waals surface area contributed by atoms with E-state index in [9.17, 15) is 19.8 Å². The average molecular weight is 637 g/mol. The van der Waals surface area contributed by atoms with Gasteiger partial charge >= 0.3 is 0 Å². The molecule has 0 aliphatic carbocycles. The number of aliphatic hydroxyl groups is 2. The Kier molecular flexibility index (Phi) is 9.48. The zero-order chi connectivity index (χ0) is 33.0. The Morgan fingerprint density at radius 3 is 2.60 bits per heavy atom. The first-order valence-corrected chi connectivity index (χ1v) is 15.9. The van der Waals surface area contributed by atoms with Crippen LogP contribution in [0.25, 0.3) is 0 Å². The van der Waals surface area contributed by atoms with Gasteiger partial charge in [-0.25, -0.2) is 0 Å². The summed E-state index contributed by atoms with van der Waals surface area (Å²) in [5.74, 6) is -0.626. The van der Waals surface area contributed by atoms with E-state index in [1.54, 1.807) is 33.7 Å². The topological polar surface area (TPSA) is 133 Å². The fraction of sp³-hybridized carbons (Fsp3) is 0.333. The van der Waals surface area contributed by atoms with Crippen molar-refractivity contribution >= 4 is 23.2 Å². The third-order valence-electron chi connectivity index (χ3n) is 9.06. The van der Waals surface area contributed by atoms with E-state index >= 15 is 0 Å². The molecule has 1 saturated heterocycles. The van der Waals surface area contributed by atoms with Crippen LogP contribution in [-0.4, -0.2) is 70.4 Å². The molecule has 11 heteroatoms. The highest BCUT2D eigenvalue weighted by Gasteiger charge is 2.52. The van der Waals surface area contributed by atoms with Gasteiger partial charge in [0, 0.05) is 43.0 Å². The molecule has 47 heavy (non-hydrogen) atoms. The smallest absolute Gasteiger partial charge is 0.264 e. The van der Waals surface area contributed by atoms with E-state index in [1.165, 1.54) is 0 Å². The highest BCUT2D eigenvalue weighted by molar-refractivity contribution is 6.07. The van der Waals surface area contributed by atoms with Gasteiger partial charge < -0.3 is 30.1 Å². The van der Waals surface area contributed by atoms with Gasteiger partial charge in [-0.1, -0.05) is 66.8 Å². The number of carbonyl (C=O) groups is 2. The Morgan fingerprint density at radius 2 is 1.87 bits per heavy atom. The number of nitrogens with zero attached hydrogens (tertiary/aromatic N) is 5. The summed E-state index contributed by atoms with van der Waals surface area (Å²) < 4.78 is 7.19. The molecule has 4 aromatic rings. The lowest BCUT2D eigenvalue weighted by Gasteiger charge is -2.28. The van der Waals surface area contributed by atoms with Gasteiger partial charge in [0.05, 0.1) is 44.1 Å². The Hall–Kier alpha value is -4.84. The first-order chi connectivity index (χ1) is 22.8. The molecule has 0 spiro atoms. The maximum Gasteiger partial charge on any atom is 0.264 e. The van der Waals surface area contributed by atoms with Crippen molar-refractivity contribution in [1.29, 1.82) is 0 Å². The number of ether oxygens (including phenoxy) is 1. The molecule has 1 unspecified atom stereocenters. The van der Waals surface area contributed by atoms with E-state index in [2.05, 4.69) is 15.6 Å². The minimum atomic E-state index is -1.79. The molecule has 11 nitrogen and oxygen atoms in total. The van der Waals surface area contributed by atoms with Gasteiger partial charge in [0.1, 0.15) is 5.75 Å². The lowest BCUT2D eigenvalue weighted by molar-refractivity contribution is -0.139. The summed E-state index contributed by atoms with van der Waals surface area (Å²) in [5, 5.41) is 33.7. The SMILES string of the molecule is COc1ccc2c(c1)[C@@](O)([C@H](C)/C=C/CCn1cc(C(CO)c3ccccc3)nn1)C(=O)N2Cc1ccc(N2CCNCC2=O)cc1. The molecule has 3 aromatic carbocycles. The number of hydrogen-bond acceptors (Lipinski definition) is 8. The number of hydrogen-bond donors (Lipinski definition) is 3. The van der Waals surface area contributed by atoms with E-state index in [0.717, 1.165) is 23.4 Å². The van der Waals surface area contributed by atoms with E-state index in [4.69, 9.17) is 4.74 Å². The van der Waals surface area contributed by atoms with Gasteiger partial charge in [-0.2, -0.15) is 0 Å². The van der Waals surface area contributed by atoms with Gasteiger partial charge in [-0.05, 0) is 47.9 Å². The first-order valence-electron chi connectivity index (χ1n) is 15.9. The van der Waals surface area contributed by atoms with Crippen molar-refractivity contribution in [3.05, 3.63) is 114 Å². The van der Waals surface area contributed by atoms with Gasteiger partial charge in [-0.15, -0.1) is 5.10 Å². The Balaban J connectivity index is 1.15. The summed E-state index contributed by atoms with van der Waals surface area (Å²) >= 11 is 0. The Bertz CT molecular complexity index is 1740. The molecule has 6 rings (SSSR count). The van der Waals surface area contributed by atoms with Crippen LogP contribution in [0.15, 0.2) is 91.1 Å². The summed E-state index contributed by atoms with van der Waals surface area (Å²) in [6.45, 7) is 4.23. The molecule has 0 bridgehead atoms. The zero-order valence-corrected chi connectivity index (χ0v) is 26.6. The van der Waals surface area contributed by atoms with Crippen LogP contribution in [-0.2, 0) is 28.3 Å². The molecule has 2 aliphatic heterocycles. The van der Waals surface area contributed by atoms with Crippen LogP contribution >= 0.6 is 0 Å². The lowest BCUT2D eigenvalue weighted by atomic mass is 9.83. The first kappa shape index (κ1) is 32.1. The molecule has 0 saturated carbocycles. The lowest BCUT2D eigenvalue weighted by Crippen LogP contribution is -2.48. The zero-order valence-electron chi connectivity index (χ0n) is 26.6. The van der Waals surface area contributed by atoms with Crippen molar-refractivity contribution in [2.75, 3.05) is 43.2 Å². The number of aliphatic hydroxyl groups excluding tert-OH is 1. The van der Waals surface area contributed by atoms with Crippen molar-refractivity contribution in [2.45, 2.75) is 38.0 Å². The summed E-state index contributed by atoms with van der Waals surface area (Å²) in [6.07, 6.45) is 6.25. The van der Waals surface area contributed by atoms with Crippen molar-refractivity contribution in [1.82, 2.24) is 20.3 Å². The number of rotatable bonds is 12. The van der Waals surface area contributed by atoms with Crippen LogP contribution in [0, 0.1) is 5.92 Å². The molecule has 1 aromatic heterocycles. The quantitative estimate of drug-likeness (QED) is 0.202. The van der Waals surface area contributed by atoms with Crippen LogP contribution in [0.4, 0.5) is 11.4 Å². The number of methoxy groups -OCH3 is 1. The monoisotopic (exact) mass is 636 g/mol. The van der Waals surface area contributed by atoms with Gasteiger partial charge in [0.15, 0.2) is 5.60 Å². The second kappa shape index (κ2) is 13.9. The fourth-order valence-electron chi connectivity index (χ4n) is 6.34. The standard InChI is InChI=1S/C36H40N6O5/c1-25(8-6-7-18-40-23-32(38-39-40)30(24-43)27-9-4-3-5-10-27)36(46)31-20-29(47-2)15-16-33(31)42(35(36)45)22-26-11-13-28(14-12-26)41-19-17-37-21-34(41)44/h3-6,8-16,20,23,25,30,37,43,46H,7,17-19,21-22,24H2,1-2H3/b8-6+/t25-,30?,36+/m1/s1. The van der Waals surface area contributed by atoms with E-state index in [0.29, 0.717) is 48.7 Å². The molecular weight excluding hydrogens is 596 g/mol. The third-order valence-corrected chi connectivity index (χ3v) is 9.06. The van der Waals surface area contributed by atoms with E-state index in [1.807, 2.05) is 85.9 Å². The third kappa shape index (κ3) is 6.42. The number of aromatic nitrogens is 3. The van der Waals surface area contributed by atoms with Crippen molar-refractivity contribution in [2.24, 2.45) is 5.92 Å². The molecule has 2 amide bonds. The van der Waals surface area contributed by atoms with E-state index < -0.39 is 17.4 Å². The molecule has 3 heterocycles. The summed E-state index contributed by atoms with van der Waals surface area (Å²) in [7, 11) is 1.56. The van der Waals surface area contributed by atoms with Gasteiger partial charge in [0.25, 0.3) is 5.91 Å². The Morgan fingerprint density at radius 1 is 1.09 bits per heavy atom. The number of amides is 2. The number of fused-ring (bicyclic) bond motifs is 1. The number of anilines is 2. The molecule has 244 valence electrons. The predicted octanol–water partition coefficient (Wildman–Crippen LogP) is 3.36. The summed E-state index contributed by atoms with van der Waals surface area (Å²) in [4.78, 5) is 29.8. The van der Waals surface area contributed by atoms with Crippen molar-refractivity contribution in [3.8, 4) is 5.75 Å². The number of aryl methyl sites for hydroxylation is 1. The van der Waals surface area contributed by atoms with Crippen LogP contribution in [0.3, 0.4) is 0 Å². The fourth-order valence-corrected chi connectivity index (χ4v) is 6.34. The van der Waals surface area contributed by atoms with Crippen LogP contribution in [0.2, 0.25) is 0 Å². The molecule has 1 fully saturated rings. The minimum Gasteiger partial charge on any atom is -0.497 e. The highest BCUT2D eigenvalue weighted by atomic mass is 16.5. The average Bonchev–Trinajstić information content (AvgIpc) is 3.65. The maximum atomic E-state index is 14.1. The molecular formula is C36H40N6O5. The molecule has 3 N–H and O–H groups in total.